The molecule has 4 unspecified atom stereocenters. The highest BCUT2D eigenvalue weighted by atomic mass is 32.2. The molecular weight excluding hydrogens is 250 g/mol. The number of hydrogen-bond acceptors (Lipinski definition) is 2. The normalized spacial score (nSPS) is 34.3. The van der Waals surface area contributed by atoms with Crippen LogP contribution in [0.2, 0.25) is 0 Å². The topological polar surface area (TPSA) is 26.0 Å². The lowest BCUT2D eigenvalue weighted by molar-refractivity contribution is 0.279. The summed E-state index contributed by atoms with van der Waals surface area (Å²) in [7, 11) is 0. The monoisotopic (exact) mass is 275 g/mol. The molecule has 1 aromatic carbocycles. The van der Waals surface area contributed by atoms with Crippen molar-refractivity contribution in [3.8, 4) is 0 Å². The van der Waals surface area contributed by atoms with E-state index in [1.807, 2.05) is 11.8 Å². The summed E-state index contributed by atoms with van der Waals surface area (Å²) in [5, 5.41) is 0.593. The maximum absolute atomic E-state index is 6.40. The van der Waals surface area contributed by atoms with Gasteiger partial charge >= 0.3 is 0 Å². The van der Waals surface area contributed by atoms with E-state index in [0.29, 0.717) is 11.3 Å². The maximum atomic E-state index is 6.40. The Labute approximate surface area is 121 Å². The molecule has 2 heteroatoms. The predicted octanol–water partition coefficient (Wildman–Crippen LogP) is 4.03. The molecule has 1 nitrogen and oxygen atoms in total. The van der Waals surface area contributed by atoms with Crippen molar-refractivity contribution in [1.29, 1.82) is 0 Å². The summed E-state index contributed by atoms with van der Waals surface area (Å²) in [5.74, 6) is 1.53. The predicted molar refractivity (Wildman–Crippen MR) is 83.6 cm³/mol. The first-order valence-corrected chi connectivity index (χ1v) is 8.55. The third kappa shape index (κ3) is 2.85. The fourth-order valence-electron chi connectivity index (χ4n) is 3.87. The number of thioether (sulfide) groups is 1. The van der Waals surface area contributed by atoms with Crippen molar-refractivity contribution in [3.05, 3.63) is 29.3 Å². The van der Waals surface area contributed by atoms with Crippen molar-refractivity contribution in [2.75, 3.05) is 0 Å². The first kappa shape index (κ1) is 13.5. The molecule has 0 amide bonds. The van der Waals surface area contributed by atoms with Crippen molar-refractivity contribution in [2.24, 2.45) is 17.6 Å². The van der Waals surface area contributed by atoms with E-state index in [1.165, 1.54) is 37.0 Å². The lowest BCUT2D eigenvalue weighted by Crippen LogP contribution is -2.42. The molecule has 4 atom stereocenters. The molecule has 1 saturated carbocycles. The number of nitrogens with two attached hydrogens (primary N) is 1. The largest absolute Gasteiger partial charge is 0.327 e. The van der Waals surface area contributed by atoms with Gasteiger partial charge in [-0.3, -0.25) is 0 Å². The molecule has 0 saturated heterocycles. The van der Waals surface area contributed by atoms with Crippen LogP contribution in [0.1, 0.15) is 44.2 Å². The molecule has 0 radical (unpaired) electrons. The quantitative estimate of drug-likeness (QED) is 0.882. The molecule has 1 fully saturated rings. The summed E-state index contributed by atoms with van der Waals surface area (Å²) in [6.07, 6.45) is 6.40. The summed E-state index contributed by atoms with van der Waals surface area (Å²) in [5.41, 5.74) is 9.55. The van der Waals surface area contributed by atoms with Crippen LogP contribution in [-0.2, 0) is 12.8 Å². The first-order valence-electron chi connectivity index (χ1n) is 7.67. The Bertz CT molecular complexity index is 445. The minimum Gasteiger partial charge on any atom is -0.327 e. The van der Waals surface area contributed by atoms with E-state index in [4.69, 9.17) is 5.73 Å². The minimum absolute atomic E-state index is 0.358. The van der Waals surface area contributed by atoms with Crippen molar-refractivity contribution in [3.63, 3.8) is 0 Å². The number of hydrogen-bond donors (Lipinski definition) is 1. The van der Waals surface area contributed by atoms with Crippen LogP contribution in [0, 0.1) is 11.8 Å². The molecule has 0 spiro atoms. The van der Waals surface area contributed by atoms with Crippen molar-refractivity contribution < 1.29 is 0 Å². The molecular formula is C17H25NS. The highest BCUT2D eigenvalue weighted by molar-refractivity contribution is 8.00. The minimum atomic E-state index is 0.358. The summed E-state index contributed by atoms with van der Waals surface area (Å²) < 4.78 is 0. The van der Waals surface area contributed by atoms with Crippen LogP contribution in [0.3, 0.4) is 0 Å². The Morgan fingerprint density at radius 2 is 1.89 bits per heavy atom. The smallest absolute Gasteiger partial charge is 0.0272 e. The Morgan fingerprint density at radius 3 is 2.68 bits per heavy atom. The SMILES string of the molecule is CC1CC(C)C(Sc2ccc3c(c2)CCC3)C(N)C1. The molecule has 1 aromatic rings. The number of fused-ring (bicyclic) bond motifs is 1. The van der Waals surface area contributed by atoms with Gasteiger partial charge < -0.3 is 5.73 Å². The molecule has 2 aliphatic carbocycles. The van der Waals surface area contributed by atoms with Gasteiger partial charge in [-0.05, 0) is 67.2 Å². The highest BCUT2D eigenvalue weighted by Crippen LogP contribution is 2.39. The Hall–Kier alpha value is -0.470. The standard InChI is InChI=1S/C17H25NS/c1-11-8-12(2)17(16(18)9-11)19-15-7-6-13-4-3-5-14(13)10-15/h6-7,10-12,16-17H,3-5,8-9,18H2,1-2H3. The van der Waals surface area contributed by atoms with Gasteiger partial charge in [0, 0.05) is 16.2 Å². The molecule has 0 bridgehead atoms. The Balaban J connectivity index is 1.74. The van der Waals surface area contributed by atoms with Gasteiger partial charge in [-0.2, -0.15) is 0 Å². The number of rotatable bonds is 2. The third-order valence-electron chi connectivity index (χ3n) is 4.77. The van der Waals surface area contributed by atoms with E-state index in [-0.39, 0.29) is 0 Å². The van der Waals surface area contributed by atoms with Crippen LogP contribution < -0.4 is 5.73 Å². The zero-order valence-corrected chi connectivity index (χ0v) is 12.9. The zero-order valence-electron chi connectivity index (χ0n) is 12.1. The van der Waals surface area contributed by atoms with Crippen LogP contribution in [0.15, 0.2) is 23.1 Å². The second-order valence-corrected chi connectivity index (χ2v) is 7.84. The summed E-state index contributed by atoms with van der Waals surface area (Å²) in [6, 6.07) is 7.43. The summed E-state index contributed by atoms with van der Waals surface area (Å²) in [6.45, 7) is 4.72. The molecule has 0 aliphatic heterocycles. The molecule has 3 rings (SSSR count). The van der Waals surface area contributed by atoms with Gasteiger partial charge in [-0.15, -0.1) is 11.8 Å². The lowest BCUT2D eigenvalue weighted by Gasteiger charge is -2.37. The molecule has 104 valence electrons. The lowest BCUT2D eigenvalue weighted by atomic mass is 9.80. The molecule has 19 heavy (non-hydrogen) atoms. The fraction of sp³-hybridized carbons (Fsp3) is 0.647. The Morgan fingerprint density at radius 1 is 1.11 bits per heavy atom. The van der Waals surface area contributed by atoms with E-state index in [9.17, 15) is 0 Å². The average molecular weight is 275 g/mol. The van der Waals surface area contributed by atoms with E-state index in [0.717, 1.165) is 11.8 Å². The van der Waals surface area contributed by atoms with Crippen LogP contribution in [0.25, 0.3) is 0 Å². The molecule has 2 N–H and O–H groups in total. The van der Waals surface area contributed by atoms with Gasteiger partial charge in [0.05, 0.1) is 0 Å². The second-order valence-electron chi connectivity index (χ2n) is 6.58. The maximum Gasteiger partial charge on any atom is 0.0272 e. The van der Waals surface area contributed by atoms with Crippen molar-refractivity contribution in [1.82, 2.24) is 0 Å². The van der Waals surface area contributed by atoms with E-state index in [1.54, 1.807) is 11.1 Å². The van der Waals surface area contributed by atoms with Crippen molar-refractivity contribution >= 4 is 11.8 Å². The van der Waals surface area contributed by atoms with Gasteiger partial charge in [0.2, 0.25) is 0 Å². The third-order valence-corrected chi connectivity index (χ3v) is 6.39. The van der Waals surface area contributed by atoms with E-state index >= 15 is 0 Å². The average Bonchev–Trinajstić information content (AvgIpc) is 2.81. The van der Waals surface area contributed by atoms with Gasteiger partial charge in [-0.1, -0.05) is 19.9 Å². The molecule has 0 aromatic heterocycles. The van der Waals surface area contributed by atoms with Crippen LogP contribution in [0.5, 0.6) is 0 Å². The van der Waals surface area contributed by atoms with E-state index < -0.39 is 0 Å². The molecule has 0 heterocycles. The van der Waals surface area contributed by atoms with Crippen LogP contribution in [-0.4, -0.2) is 11.3 Å². The Kier molecular flexibility index (Phi) is 3.91. The van der Waals surface area contributed by atoms with Crippen LogP contribution >= 0.6 is 11.8 Å². The summed E-state index contributed by atoms with van der Waals surface area (Å²) in [4.78, 5) is 1.43. The van der Waals surface area contributed by atoms with Gasteiger partial charge in [0.15, 0.2) is 0 Å². The fourth-order valence-corrected chi connectivity index (χ4v) is 5.17. The highest BCUT2D eigenvalue weighted by Gasteiger charge is 2.32. The summed E-state index contributed by atoms with van der Waals surface area (Å²) >= 11 is 2.02. The van der Waals surface area contributed by atoms with Crippen LogP contribution in [0.4, 0.5) is 0 Å². The van der Waals surface area contributed by atoms with Gasteiger partial charge in [-0.25, -0.2) is 0 Å². The van der Waals surface area contributed by atoms with E-state index in [2.05, 4.69) is 32.0 Å². The number of benzene rings is 1. The second kappa shape index (κ2) is 5.49. The zero-order chi connectivity index (χ0) is 13.4. The van der Waals surface area contributed by atoms with Crippen molar-refractivity contribution in [2.45, 2.75) is 62.1 Å². The first-order chi connectivity index (χ1) is 9.13. The number of aryl methyl sites for hydroxylation is 2. The molecule has 2 aliphatic rings. The van der Waals surface area contributed by atoms with Gasteiger partial charge in [0.1, 0.15) is 0 Å². The van der Waals surface area contributed by atoms with Gasteiger partial charge in [0.25, 0.3) is 0 Å².